The van der Waals surface area contributed by atoms with Crippen molar-refractivity contribution in [3.05, 3.63) is 0 Å². The SMILES string of the molecule is CC(=O)C1CC2CC(F)(F)CC2C1. The van der Waals surface area contributed by atoms with Gasteiger partial charge in [0.1, 0.15) is 5.78 Å². The molecule has 2 saturated carbocycles. The second kappa shape index (κ2) is 2.76. The van der Waals surface area contributed by atoms with Crippen molar-refractivity contribution >= 4 is 5.78 Å². The van der Waals surface area contributed by atoms with Crippen LogP contribution in [-0.4, -0.2) is 11.7 Å². The number of carbonyl (C=O) groups is 1. The van der Waals surface area contributed by atoms with Crippen molar-refractivity contribution in [1.82, 2.24) is 0 Å². The van der Waals surface area contributed by atoms with Crippen LogP contribution in [0.3, 0.4) is 0 Å². The number of halogens is 2. The van der Waals surface area contributed by atoms with Gasteiger partial charge in [-0.3, -0.25) is 4.79 Å². The molecular formula is C10H14F2O. The second-order valence-electron chi connectivity index (χ2n) is 4.56. The molecule has 2 atom stereocenters. The van der Waals surface area contributed by atoms with Crippen LogP contribution in [0.4, 0.5) is 8.78 Å². The molecule has 0 N–H and O–H groups in total. The van der Waals surface area contributed by atoms with Gasteiger partial charge in [0.2, 0.25) is 5.92 Å². The molecule has 0 spiro atoms. The van der Waals surface area contributed by atoms with Crippen LogP contribution in [0.5, 0.6) is 0 Å². The largest absolute Gasteiger partial charge is 0.300 e. The average molecular weight is 188 g/mol. The Morgan fingerprint density at radius 3 is 2.08 bits per heavy atom. The highest BCUT2D eigenvalue weighted by Crippen LogP contribution is 2.52. The molecule has 0 aromatic rings. The molecule has 0 aromatic carbocycles. The number of ketones is 1. The number of rotatable bonds is 1. The Bertz CT molecular complexity index is 221. The third-order valence-electron chi connectivity index (χ3n) is 3.54. The molecule has 2 aliphatic rings. The summed E-state index contributed by atoms with van der Waals surface area (Å²) in [6.07, 6.45) is 1.44. The summed E-state index contributed by atoms with van der Waals surface area (Å²) >= 11 is 0. The third-order valence-corrected chi connectivity index (χ3v) is 3.54. The molecule has 0 aromatic heterocycles. The number of alkyl halides is 2. The molecule has 74 valence electrons. The van der Waals surface area contributed by atoms with Gasteiger partial charge in [0, 0.05) is 18.8 Å². The first-order chi connectivity index (χ1) is 5.98. The average Bonchev–Trinajstić information content (AvgIpc) is 2.39. The minimum absolute atomic E-state index is 0.0153. The first-order valence-corrected chi connectivity index (χ1v) is 4.86. The van der Waals surface area contributed by atoms with Gasteiger partial charge in [-0.25, -0.2) is 8.78 Å². The van der Waals surface area contributed by atoms with Crippen molar-refractivity contribution in [1.29, 1.82) is 0 Å². The smallest absolute Gasteiger partial charge is 0.248 e. The van der Waals surface area contributed by atoms with Gasteiger partial charge in [0.15, 0.2) is 0 Å². The van der Waals surface area contributed by atoms with E-state index in [4.69, 9.17) is 0 Å². The monoisotopic (exact) mass is 188 g/mol. The van der Waals surface area contributed by atoms with Crippen LogP contribution in [0, 0.1) is 17.8 Å². The summed E-state index contributed by atoms with van der Waals surface area (Å²) in [5.41, 5.74) is 0. The van der Waals surface area contributed by atoms with Gasteiger partial charge < -0.3 is 0 Å². The van der Waals surface area contributed by atoms with Crippen LogP contribution in [-0.2, 0) is 4.79 Å². The Labute approximate surface area is 76.5 Å². The summed E-state index contributed by atoms with van der Waals surface area (Å²) in [6, 6.07) is 0. The highest BCUT2D eigenvalue weighted by Gasteiger charge is 2.51. The number of Topliss-reactive ketones (excluding diaryl/α,β-unsaturated/α-hetero) is 1. The topological polar surface area (TPSA) is 17.1 Å². The highest BCUT2D eigenvalue weighted by atomic mass is 19.3. The number of fused-ring (bicyclic) bond motifs is 1. The predicted octanol–water partition coefficient (Wildman–Crippen LogP) is 2.65. The number of carbonyl (C=O) groups excluding carboxylic acids is 1. The Morgan fingerprint density at radius 2 is 1.69 bits per heavy atom. The molecule has 1 nitrogen and oxygen atoms in total. The Morgan fingerprint density at radius 1 is 1.23 bits per heavy atom. The van der Waals surface area contributed by atoms with E-state index < -0.39 is 5.92 Å². The lowest BCUT2D eigenvalue weighted by atomic mass is 9.99. The maximum Gasteiger partial charge on any atom is 0.248 e. The minimum Gasteiger partial charge on any atom is -0.300 e. The van der Waals surface area contributed by atoms with Gasteiger partial charge in [-0.2, -0.15) is 0 Å². The molecule has 0 saturated heterocycles. The molecule has 2 unspecified atom stereocenters. The molecule has 0 amide bonds. The zero-order valence-corrected chi connectivity index (χ0v) is 7.72. The first-order valence-electron chi connectivity index (χ1n) is 4.86. The lowest BCUT2D eigenvalue weighted by molar-refractivity contribution is -0.121. The van der Waals surface area contributed by atoms with Gasteiger partial charge in [-0.15, -0.1) is 0 Å². The van der Waals surface area contributed by atoms with Crippen LogP contribution < -0.4 is 0 Å². The van der Waals surface area contributed by atoms with Crippen molar-refractivity contribution in [3.8, 4) is 0 Å². The summed E-state index contributed by atoms with van der Waals surface area (Å²) in [5.74, 6) is -1.96. The molecule has 13 heavy (non-hydrogen) atoms. The maximum absolute atomic E-state index is 12.9. The Hall–Kier alpha value is -0.470. The molecule has 2 rings (SSSR count). The summed E-state index contributed by atoms with van der Waals surface area (Å²) in [7, 11) is 0. The zero-order valence-electron chi connectivity index (χ0n) is 7.72. The van der Waals surface area contributed by atoms with Crippen LogP contribution in [0.1, 0.15) is 32.6 Å². The normalized spacial score (nSPS) is 41.9. The van der Waals surface area contributed by atoms with Crippen LogP contribution >= 0.6 is 0 Å². The fraction of sp³-hybridized carbons (Fsp3) is 0.900. The highest BCUT2D eigenvalue weighted by molar-refractivity contribution is 5.78. The second-order valence-corrected chi connectivity index (χ2v) is 4.56. The van der Waals surface area contributed by atoms with Crippen molar-refractivity contribution < 1.29 is 13.6 Å². The lowest BCUT2D eigenvalue weighted by Gasteiger charge is -2.11. The molecule has 0 aliphatic heterocycles. The molecule has 0 radical (unpaired) electrons. The lowest BCUT2D eigenvalue weighted by Crippen LogP contribution is -2.14. The predicted molar refractivity (Wildman–Crippen MR) is 44.6 cm³/mol. The van der Waals surface area contributed by atoms with E-state index in [0.717, 1.165) is 0 Å². The molecule has 0 bridgehead atoms. The van der Waals surface area contributed by atoms with Gasteiger partial charge in [0.25, 0.3) is 0 Å². The summed E-state index contributed by atoms with van der Waals surface area (Å²) < 4.78 is 25.8. The minimum atomic E-state index is -2.45. The number of hydrogen-bond donors (Lipinski definition) is 0. The molecule has 2 aliphatic carbocycles. The van der Waals surface area contributed by atoms with E-state index in [9.17, 15) is 13.6 Å². The van der Waals surface area contributed by atoms with Crippen LogP contribution in [0.2, 0.25) is 0 Å². The maximum atomic E-state index is 12.9. The van der Waals surface area contributed by atoms with Gasteiger partial charge in [-0.05, 0) is 31.6 Å². The fourth-order valence-electron chi connectivity index (χ4n) is 2.89. The van der Waals surface area contributed by atoms with Gasteiger partial charge in [0.05, 0.1) is 0 Å². The Balaban J connectivity index is 2.01. The van der Waals surface area contributed by atoms with E-state index in [-0.39, 0.29) is 36.4 Å². The van der Waals surface area contributed by atoms with Gasteiger partial charge >= 0.3 is 0 Å². The van der Waals surface area contributed by atoms with Crippen LogP contribution in [0.25, 0.3) is 0 Å². The first kappa shape index (κ1) is 9.10. The molecule has 2 fully saturated rings. The summed E-state index contributed by atoms with van der Waals surface area (Å²) in [4.78, 5) is 11.1. The quantitative estimate of drug-likeness (QED) is 0.618. The third kappa shape index (κ3) is 1.61. The van der Waals surface area contributed by atoms with E-state index in [0.29, 0.717) is 12.8 Å². The zero-order chi connectivity index (χ0) is 9.64. The van der Waals surface area contributed by atoms with E-state index in [1.807, 2.05) is 0 Å². The van der Waals surface area contributed by atoms with Crippen molar-refractivity contribution in [2.45, 2.75) is 38.5 Å². The summed E-state index contributed by atoms with van der Waals surface area (Å²) in [6.45, 7) is 1.57. The van der Waals surface area contributed by atoms with E-state index in [1.54, 1.807) is 6.92 Å². The van der Waals surface area contributed by atoms with Crippen molar-refractivity contribution in [3.63, 3.8) is 0 Å². The molecular weight excluding hydrogens is 174 g/mol. The van der Waals surface area contributed by atoms with E-state index in [2.05, 4.69) is 0 Å². The summed E-state index contributed by atoms with van der Waals surface area (Å²) in [5, 5.41) is 0. The van der Waals surface area contributed by atoms with Crippen molar-refractivity contribution in [2.75, 3.05) is 0 Å². The van der Waals surface area contributed by atoms with E-state index >= 15 is 0 Å². The van der Waals surface area contributed by atoms with E-state index in [1.165, 1.54) is 0 Å². The Kier molecular flexibility index (Phi) is 1.93. The van der Waals surface area contributed by atoms with Crippen LogP contribution in [0.15, 0.2) is 0 Å². The van der Waals surface area contributed by atoms with Gasteiger partial charge in [-0.1, -0.05) is 0 Å². The molecule has 0 heterocycles. The number of hydrogen-bond acceptors (Lipinski definition) is 1. The molecule has 3 heteroatoms. The fourth-order valence-corrected chi connectivity index (χ4v) is 2.89. The standard InChI is InChI=1S/C10H14F2O/c1-6(13)7-2-8-4-10(11,12)5-9(8)3-7/h7-9H,2-5H2,1H3. The van der Waals surface area contributed by atoms with Crippen molar-refractivity contribution in [2.24, 2.45) is 17.8 Å².